The minimum atomic E-state index is -0.332. The van der Waals surface area contributed by atoms with Gasteiger partial charge in [-0.15, -0.1) is 0 Å². The molecule has 0 unspecified atom stereocenters. The first-order valence-corrected chi connectivity index (χ1v) is 6.21. The van der Waals surface area contributed by atoms with Crippen molar-refractivity contribution in [3.63, 3.8) is 0 Å². The van der Waals surface area contributed by atoms with Crippen molar-refractivity contribution in [3.05, 3.63) is 46.1 Å². The van der Waals surface area contributed by atoms with Crippen molar-refractivity contribution in [2.45, 2.75) is 6.92 Å². The Morgan fingerprint density at radius 2 is 2.30 bits per heavy atom. The lowest BCUT2D eigenvalue weighted by molar-refractivity contribution is 0.102. The summed E-state index contributed by atoms with van der Waals surface area (Å²) in [7, 11) is 0. The average Bonchev–Trinajstić information content (AvgIpc) is 2.82. The second-order valence-corrected chi connectivity index (χ2v) is 4.39. The third-order valence-electron chi connectivity index (χ3n) is 2.42. The highest BCUT2D eigenvalue weighted by Crippen LogP contribution is 2.18. The lowest BCUT2D eigenvalue weighted by Crippen LogP contribution is -2.11. The fourth-order valence-corrected chi connectivity index (χ4v) is 1.74. The zero-order valence-electron chi connectivity index (χ0n) is 10.7. The number of nitrogens with one attached hydrogen (secondary N) is 1. The second kappa shape index (κ2) is 6.24. The summed E-state index contributed by atoms with van der Waals surface area (Å²) >= 11 is 6.06. The van der Waals surface area contributed by atoms with E-state index in [2.05, 4.69) is 22.3 Å². The van der Waals surface area contributed by atoms with Gasteiger partial charge in [0.15, 0.2) is 0 Å². The van der Waals surface area contributed by atoms with E-state index in [1.807, 2.05) is 0 Å². The molecule has 0 saturated heterocycles. The Labute approximate surface area is 121 Å². The van der Waals surface area contributed by atoms with Crippen molar-refractivity contribution in [2.75, 3.05) is 11.9 Å². The van der Waals surface area contributed by atoms with E-state index in [0.717, 1.165) is 0 Å². The van der Waals surface area contributed by atoms with Gasteiger partial charge >= 0.3 is 0 Å². The van der Waals surface area contributed by atoms with E-state index in [1.165, 1.54) is 0 Å². The summed E-state index contributed by atoms with van der Waals surface area (Å²) in [6.07, 6.45) is 0. The van der Waals surface area contributed by atoms with Gasteiger partial charge in [-0.25, -0.2) is 0 Å². The van der Waals surface area contributed by atoms with Crippen LogP contribution >= 0.6 is 11.6 Å². The van der Waals surface area contributed by atoms with E-state index >= 15 is 0 Å². The lowest BCUT2D eigenvalue weighted by Gasteiger charge is -2.03. The first-order chi connectivity index (χ1) is 9.60. The summed E-state index contributed by atoms with van der Waals surface area (Å²) in [6, 6.07) is 6.47. The molecular formula is C14H12ClN3O2. The van der Waals surface area contributed by atoms with Gasteiger partial charge in [0.05, 0.1) is 17.3 Å². The highest BCUT2D eigenvalue weighted by molar-refractivity contribution is 6.32. The Kier molecular flexibility index (Phi) is 4.41. The van der Waals surface area contributed by atoms with Crippen molar-refractivity contribution < 1.29 is 9.32 Å². The predicted molar refractivity (Wildman–Crippen MR) is 76.6 cm³/mol. The van der Waals surface area contributed by atoms with Gasteiger partial charge in [0.1, 0.15) is 0 Å². The van der Waals surface area contributed by atoms with Crippen LogP contribution in [-0.2, 0) is 0 Å². The second-order valence-electron chi connectivity index (χ2n) is 3.99. The zero-order chi connectivity index (χ0) is 14.5. The Morgan fingerprint density at radius 1 is 1.50 bits per heavy atom. The smallest absolute Gasteiger partial charge is 0.258 e. The fraction of sp³-hybridized carbons (Fsp3) is 0.143. The molecule has 3 N–H and O–H groups in total. The summed E-state index contributed by atoms with van der Waals surface area (Å²) in [4.78, 5) is 12.0. The summed E-state index contributed by atoms with van der Waals surface area (Å²) in [5.41, 5.74) is 7.02. The molecule has 1 aromatic carbocycles. The van der Waals surface area contributed by atoms with Gasteiger partial charge in [-0.05, 0) is 25.1 Å². The lowest BCUT2D eigenvalue weighted by atomic mass is 10.1. The summed E-state index contributed by atoms with van der Waals surface area (Å²) in [6.45, 7) is 2.02. The number of aryl methyl sites for hydroxylation is 1. The Bertz CT molecular complexity index is 698. The van der Waals surface area contributed by atoms with Crippen LogP contribution in [0.25, 0.3) is 0 Å². The van der Waals surface area contributed by atoms with Gasteiger partial charge in [-0.3, -0.25) is 10.1 Å². The molecule has 1 aromatic heterocycles. The number of rotatable bonds is 2. The van der Waals surface area contributed by atoms with E-state index in [1.54, 1.807) is 31.2 Å². The minimum absolute atomic E-state index is 0.253. The van der Waals surface area contributed by atoms with Crippen LogP contribution in [-0.4, -0.2) is 17.6 Å². The molecule has 0 atom stereocenters. The van der Waals surface area contributed by atoms with Gasteiger partial charge in [-0.2, -0.15) is 0 Å². The molecule has 5 nitrogen and oxygen atoms in total. The molecule has 0 aliphatic heterocycles. The number of nitrogens with zero attached hydrogens (tertiary/aromatic N) is 1. The number of nitrogens with two attached hydrogens (primary N) is 1. The van der Waals surface area contributed by atoms with Crippen molar-refractivity contribution in [1.29, 1.82) is 0 Å². The molecule has 0 bridgehead atoms. The van der Waals surface area contributed by atoms with Crippen LogP contribution in [0.4, 0.5) is 5.88 Å². The molecule has 20 heavy (non-hydrogen) atoms. The molecule has 0 aliphatic carbocycles. The average molecular weight is 290 g/mol. The molecule has 102 valence electrons. The van der Waals surface area contributed by atoms with Gasteiger partial charge in [-0.1, -0.05) is 28.6 Å². The van der Waals surface area contributed by atoms with Crippen LogP contribution in [0.1, 0.15) is 21.6 Å². The van der Waals surface area contributed by atoms with Crippen LogP contribution < -0.4 is 11.1 Å². The Hall–Kier alpha value is -2.29. The molecule has 1 heterocycles. The summed E-state index contributed by atoms with van der Waals surface area (Å²) < 4.78 is 4.91. The molecule has 0 saturated carbocycles. The van der Waals surface area contributed by atoms with Crippen molar-refractivity contribution >= 4 is 23.4 Å². The number of benzene rings is 1. The van der Waals surface area contributed by atoms with E-state index in [4.69, 9.17) is 21.9 Å². The van der Waals surface area contributed by atoms with Gasteiger partial charge in [0.25, 0.3) is 5.91 Å². The van der Waals surface area contributed by atoms with Crippen LogP contribution in [0.5, 0.6) is 0 Å². The number of anilines is 1. The van der Waals surface area contributed by atoms with Crippen molar-refractivity contribution in [3.8, 4) is 11.8 Å². The van der Waals surface area contributed by atoms with Gasteiger partial charge in [0.2, 0.25) is 5.88 Å². The van der Waals surface area contributed by atoms with Crippen LogP contribution in [0.15, 0.2) is 28.8 Å². The highest BCUT2D eigenvalue weighted by Gasteiger charge is 2.10. The molecule has 0 radical (unpaired) electrons. The number of hydrogen-bond acceptors (Lipinski definition) is 4. The maximum Gasteiger partial charge on any atom is 0.258 e. The molecular weight excluding hydrogens is 278 g/mol. The largest absolute Gasteiger partial charge is 0.338 e. The molecule has 0 fully saturated rings. The number of aromatic nitrogens is 1. The molecule has 6 heteroatoms. The van der Waals surface area contributed by atoms with Gasteiger partial charge < -0.3 is 10.3 Å². The minimum Gasteiger partial charge on any atom is -0.338 e. The number of halogens is 1. The molecule has 0 spiro atoms. The maximum absolute atomic E-state index is 12.0. The topological polar surface area (TPSA) is 81.2 Å². The number of amides is 1. The van der Waals surface area contributed by atoms with E-state index in [9.17, 15) is 4.79 Å². The number of hydrogen-bond donors (Lipinski definition) is 2. The molecule has 0 aliphatic rings. The summed E-state index contributed by atoms with van der Waals surface area (Å²) in [5, 5.41) is 6.66. The van der Waals surface area contributed by atoms with Gasteiger partial charge in [0, 0.05) is 17.2 Å². The third-order valence-corrected chi connectivity index (χ3v) is 2.73. The molecule has 2 aromatic rings. The number of carbonyl (C=O) groups excluding carboxylic acids is 1. The monoisotopic (exact) mass is 289 g/mol. The highest BCUT2D eigenvalue weighted by atomic mass is 35.5. The summed E-state index contributed by atoms with van der Waals surface area (Å²) in [5.74, 6) is 5.49. The maximum atomic E-state index is 12.0. The van der Waals surface area contributed by atoms with Crippen molar-refractivity contribution in [1.82, 2.24) is 5.16 Å². The quantitative estimate of drug-likeness (QED) is 0.831. The van der Waals surface area contributed by atoms with Crippen molar-refractivity contribution in [2.24, 2.45) is 5.73 Å². The third kappa shape index (κ3) is 3.38. The number of carbonyl (C=O) groups is 1. The first kappa shape index (κ1) is 14.1. The Balaban J connectivity index is 2.16. The predicted octanol–water partition coefficient (Wildman–Crippen LogP) is 2.20. The van der Waals surface area contributed by atoms with E-state index in [-0.39, 0.29) is 18.3 Å². The normalized spacial score (nSPS) is 9.75. The fourth-order valence-electron chi connectivity index (χ4n) is 1.51. The standard InChI is InChI=1S/C14H12ClN3O2/c1-9-7-13(20-18-9)17-14(19)11-5-4-10(3-2-6-16)12(15)8-11/h4-5,7-8H,6,16H2,1H3,(H,17,19). The van der Waals surface area contributed by atoms with Crippen LogP contribution in [0.3, 0.4) is 0 Å². The van der Waals surface area contributed by atoms with Crippen LogP contribution in [0, 0.1) is 18.8 Å². The molecule has 2 rings (SSSR count). The Morgan fingerprint density at radius 3 is 2.90 bits per heavy atom. The zero-order valence-corrected chi connectivity index (χ0v) is 11.5. The van der Waals surface area contributed by atoms with Crippen LogP contribution in [0.2, 0.25) is 5.02 Å². The molecule has 1 amide bonds. The van der Waals surface area contributed by atoms with E-state index < -0.39 is 0 Å². The SMILES string of the molecule is Cc1cc(NC(=O)c2ccc(C#CCN)c(Cl)c2)on1. The first-order valence-electron chi connectivity index (χ1n) is 5.83. The van der Waals surface area contributed by atoms with E-state index in [0.29, 0.717) is 21.8 Å².